The highest BCUT2D eigenvalue weighted by Gasteiger charge is 2.29. The lowest BCUT2D eigenvalue weighted by molar-refractivity contribution is -0.377. The lowest BCUT2D eigenvalue weighted by Gasteiger charge is -2.26. The van der Waals surface area contributed by atoms with E-state index in [-0.39, 0.29) is 35.7 Å². The molecule has 1 aromatic heterocycles. The number of aromatic amines is 1. The summed E-state index contributed by atoms with van der Waals surface area (Å²) in [5.74, 6) is 0.232. The van der Waals surface area contributed by atoms with Crippen molar-refractivity contribution in [2.45, 2.75) is 57.7 Å². The maximum absolute atomic E-state index is 14.1. The third kappa shape index (κ3) is 10.6. The molecule has 10 nitrogen and oxygen atoms in total. The molecule has 0 amide bonds. The van der Waals surface area contributed by atoms with Crippen LogP contribution in [0.3, 0.4) is 0 Å². The van der Waals surface area contributed by atoms with Gasteiger partial charge in [0.25, 0.3) is 0 Å². The Balaban J connectivity index is 1.34. The standard InChI is InChI=1S/C36H41Cl2F2N3O7S/c1-51(45,46)43(13-12-42-10-2-3-11-42)27-14-26(15-28(17-27)47-21-23-4-5-23)35(44)49-33(18-29-30(37)19-41-20-31(29)38)25-8-9-32(50-36(39)40)34(16-25)48-22-24-6-7-24/h8-9,14-17,19-20,23-24,33,36H,2-7,10-13,18,21-22H2,1H3/p+1/t33-/m0/s1. The van der Waals surface area contributed by atoms with Gasteiger partial charge in [0.05, 0.1) is 30.7 Å². The molecule has 1 atom stereocenters. The Hall–Kier alpha value is -3.39. The second kappa shape index (κ2) is 16.5. The number of benzene rings is 2. The average Bonchev–Trinajstić information content (AvgIpc) is 4.02. The molecular weight excluding hydrogens is 727 g/mol. The molecule has 2 aromatic carbocycles. The smallest absolute Gasteiger partial charge is 0.387 e. The highest BCUT2D eigenvalue weighted by molar-refractivity contribution is 7.92. The number of alkyl halides is 2. The van der Waals surface area contributed by atoms with Gasteiger partial charge in [0.2, 0.25) is 10.0 Å². The van der Waals surface area contributed by atoms with Crippen LogP contribution in [0, 0.1) is 11.8 Å². The summed E-state index contributed by atoms with van der Waals surface area (Å²) in [4.78, 5) is 19.2. The number of pyridine rings is 1. The highest BCUT2D eigenvalue weighted by Crippen LogP contribution is 2.39. The zero-order valence-corrected chi connectivity index (χ0v) is 30.6. The molecule has 0 bridgehead atoms. The minimum atomic E-state index is -3.74. The number of ether oxygens (including phenoxy) is 4. The van der Waals surface area contributed by atoms with E-state index in [9.17, 15) is 22.0 Å². The number of sulfonamides is 1. The number of esters is 1. The van der Waals surface area contributed by atoms with Gasteiger partial charge in [0.15, 0.2) is 23.9 Å². The van der Waals surface area contributed by atoms with Crippen LogP contribution >= 0.6 is 23.2 Å². The Labute approximate surface area is 307 Å². The first-order valence-corrected chi connectivity index (χ1v) is 19.8. The van der Waals surface area contributed by atoms with Crippen molar-refractivity contribution in [1.29, 1.82) is 0 Å². The highest BCUT2D eigenvalue weighted by atomic mass is 35.5. The lowest BCUT2D eigenvalue weighted by atomic mass is 10.0. The zero-order chi connectivity index (χ0) is 36.1. The largest absolute Gasteiger partial charge is 0.493 e. The molecule has 0 unspecified atom stereocenters. The molecular formula is C36H42Cl2F2N3O7S+. The van der Waals surface area contributed by atoms with Gasteiger partial charge >= 0.3 is 12.6 Å². The Morgan fingerprint density at radius 1 is 0.961 bits per heavy atom. The van der Waals surface area contributed by atoms with Crippen LogP contribution in [-0.4, -0.2) is 71.5 Å². The van der Waals surface area contributed by atoms with Crippen LogP contribution in [0.1, 0.15) is 66.1 Å². The van der Waals surface area contributed by atoms with Gasteiger partial charge in [-0.05, 0) is 93.3 Å². The Kier molecular flexibility index (Phi) is 12.1. The molecule has 15 heteroatoms. The molecule has 6 rings (SSSR count). The summed E-state index contributed by atoms with van der Waals surface area (Å²) in [6.07, 6.45) is 9.38. The monoisotopic (exact) mass is 768 g/mol. The van der Waals surface area contributed by atoms with Crippen molar-refractivity contribution in [3.8, 4) is 17.2 Å². The number of hydrogen-bond donors (Lipinski definition) is 0. The normalized spacial score (nSPS) is 17.0. The van der Waals surface area contributed by atoms with Gasteiger partial charge in [0.1, 0.15) is 21.9 Å². The number of nitrogens with one attached hydrogen (secondary N) is 1. The summed E-state index contributed by atoms with van der Waals surface area (Å²) in [5, 5.41) is 0.594. The number of halogens is 4. The molecule has 3 aromatic rings. The van der Waals surface area contributed by atoms with Crippen molar-refractivity contribution in [3.63, 3.8) is 0 Å². The molecule has 2 heterocycles. The van der Waals surface area contributed by atoms with E-state index in [0.29, 0.717) is 58.5 Å². The molecule has 51 heavy (non-hydrogen) atoms. The van der Waals surface area contributed by atoms with E-state index in [2.05, 4.69) is 9.88 Å². The van der Waals surface area contributed by atoms with Gasteiger partial charge < -0.3 is 23.8 Å². The molecule has 2 aliphatic carbocycles. The van der Waals surface area contributed by atoms with Crippen LogP contribution in [0.15, 0.2) is 48.8 Å². The van der Waals surface area contributed by atoms with Gasteiger partial charge in [-0.2, -0.15) is 8.78 Å². The topological polar surface area (TPSA) is 109 Å². The van der Waals surface area contributed by atoms with E-state index in [0.717, 1.165) is 57.9 Å². The van der Waals surface area contributed by atoms with Gasteiger partial charge in [-0.15, -0.1) is 0 Å². The first-order valence-electron chi connectivity index (χ1n) is 17.2. The van der Waals surface area contributed by atoms with E-state index < -0.39 is 28.7 Å². The Bertz CT molecular complexity index is 1780. The summed E-state index contributed by atoms with van der Waals surface area (Å²) in [6, 6.07) is 9.03. The fourth-order valence-electron chi connectivity index (χ4n) is 5.96. The summed E-state index contributed by atoms with van der Waals surface area (Å²) in [6.45, 7) is 0.219. The molecule has 2 saturated carbocycles. The van der Waals surface area contributed by atoms with Gasteiger partial charge in [0, 0.05) is 31.1 Å². The van der Waals surface area contributed by atoms with Crippen molar-refractivity contribution in [1.82, 2.24) is 4.90 Å². The third-order valence-electron chi connectivity index (χ3n) is 9.18. The number of carbonyl (C=O) groups excluding carboxylic acids is 1. The number of H-pyrrole nitrogens is 1. The summed E-state index contributed by atoms with van der Waals surface area (Å²) in [5.41, 5.74) is 1.25. The van der Waals surface area contributed by atoms with E-state index in [1.165, 1.54) is 34.6 Å². The van der Waals surface area contributed by atoms with Gasteiger partial charge in [-0.1, -0.05) is 29.3 Å². The number of likely N-dealkylation sites (tertiary alicyclic amines) is 1. The summed E-state index contributed by atoms with van der Waals surface area (Å²) >= 11 is 13.0. The van der Waals surface area contributed by atoms with Crippen LogP contribution in [-0.2, 0) is 21.2 Å². The fraction of sp³-hybridized carbons (Fsp3) is 0.500. The molecule has 0 radical (unpaired) electrons. The van der Waals surface area contributed by atoms with Crippen molar-refractivity contribution < 1.29 is 45.9 Å². The molecule has 1 aliphatic heterocycles. The van der Waals surface area contributed by atoms with Crippen LogP contribution in [0.5, 0.6) is 17.2 Å². The zero-order valence-electron chi connectivity index (χ0n) is 28.3. The molecule has 1 saturated heterocycles. The first kappa shape index (κ1) is 37.4. The molecule has 3 aliphatic rings. The molecule has 276 valence electrons. The fourth-order valence-corrected chi connectivity index (χ4v) is 7.39. The van der Waals surface area contributed by atoms with Crippen LogP contribution in [0.2, 0.25) is 10.0 Å². The van der Waals surface area contributed by atoms with Crippen molar-refractivity contribution >= 4 is 44.9 Å². The number of carbonyl (C=O) groups is 1. The second-order valence-electron chi connectivity index (χ2n) is 13.4. The van der Waals surface area contributed by atoms with Crippen LogP contribution in [0.4, 0.5) is 14.5 Å². The SMILES string of the molecule is CS(=O)(=O)N(CCN1CCCC1)c1cc(OCC2CC2)cc(C(=O)O[C@@H](Cc2c(Cl)c[nH+]cc2Cl)c2ccc(OC(F)F)c(OCC3CC3)c2)c1. The maximum atomic E-state index is 14.1. The van der Waals surface area contributed by atoms with Gasteiger partial charge in [-0.3, -0.25) is 4.31 Å². The van der Waals surface area contributed by atoms with Crippen LogP contribution in [0.25, 0.3) is 0 Å². The number of hydrogen-bond acceptors (Lipinski definition) is 8. The number of aromatic nitrogens is 1. The minimum absolute atomic E-state index is 0.0191. The first-order chi connectivity index (χ1) is 24.4. The van der Waals surface area contributed by atoms with Crippen molar-refractivity contribution in [3.05, 3.63) is 75.5 Å². The van der Waals surface area contributed by atoms with E-state index in [1.54, 1.807) is 18.5 Å². The summed E-state index contributed by atoms with van der Waals surface area (Å²) < 4.78 is 77.0. The number of rotatable bonds is 18. The minimum Gasteiger partial charge on any atom is -0.493 e. The van der Waals surface area contributed by atoms with E-state index in [1.807, 2.05) is 0 Å². The molecule has 1 N–H and O–H groups in total. The molecule has 0 spiro atoms. The number of anilines is 1. The Morgan fingerprint density at radius 3 is 2.25 bits per heavy atom. The predicted molar refractivity (Wildman–Crippen MR) is 189 cm³/mol. The van der Waals surface area contributed by atoms with Crippen molar-refractivity contribution in [2.75, 3.05) is 50.0 Å². The average molecular weight is 770 g/mol. The summed E-state index contributed by atoms with van der Waals surface area (Å²) in [7, 11) is -3.74. The maximum Gasteiger partial charge on any atom is 0.387 e. The second-order valence-corrected chi connectivity index (χ2v) is 16.1. The van der Waals surface area contributed by atoms with E-state index in [4.69, 9.17) is 42.1 Å². The lowest BCUT2D eigenvalue weighted by Crippen LogP contribution is -2.37. The third-order valence-corrected chi connectivity index (χ3v) is 11.0. The van der Waals surface area contributed by atoms with Gasteiger partial charge in [-0.25, -0.2) is 18.2 Å². The molecule has 3 fully saturated rings. The van der Waals surface area contributed by atoms with Crippen LogP contribution < -0.4 is 23.5 Å². The van der Waals surface area contributed by atoms with Crippen molar-refractivity contribution in [2.24, 2.45) is 11.8 Å². The van der Waals surface area contributed by atoms with E-state index >= 15 is 0 Å². The predicted octanol–water partition coefficient (Wildman–Crippen LogP) is 6.99. The number of nitrogens with zero attached hydrogens (tertiary/aromatic N) is 2. The quantitative estimate of drug-likeness (QED) is 0.128. The Morgan fingerprint density at radius 2 is 1.63 bits per heavy atom.